The van der Waals surface area contributed by atoms with Crippen molar-refractivity contribution in [1.82, 2.24) is 10.2 Å². The van der Waals surface area contributed by atoms with Crippen molar-refractivity contribution in [3.63, 3.8) is 0 Å². The van der Waals surface area contributed by atoms with Gasteiger partial charge in [0, 0.05) is 17.0 Å². The van der Waals surface area contributed by atoms with Crippen molar-refractivity contribution in [2.24, 2.45) is 0 Å². The van der Waals surface area contributed by atoms with E-state index in [1.807, 2.05) is 17.5 Å². The fourth-order valence-electron chi connectivity index (χ4n) is 2.58. The minimum Gasteiger partial charge on any atom is -0.388 e. The molecule has 1 aromatic rings. The van der Waals surface area contributed by atoms with Crippen LogP contribution in [0, 0.1) is 0 Å². The number of nitrogens with one attached hydrogen (secondary N) is 1. The van der Waals surface area contributed by atoms with Crippen LogP contribution >= 0.6 is 11.3 Å². The van der Waals surface area contributed by atoms with Crippen molar-refractivity contribution in [2.75, 3.05) is 20.1 Å². The van der Waals surface area contributed by atoms with Crippen LogP contribution in [0.5, 0.6) is 0 Å². The average Bonchev–Trinajstić information content (AvgIpc) is 2.85. The number of hydrogen-bond acceptors (Lipinski definition) is 4. The standard InChI is InChI=1S/C14H24N2OS/c1-11(10-13(17)14-4-3-9-18-14)15-12-5-7-16(2)8-6-12/h3-4,9,11-13,15,17H,5-8,10H2,1-2H3. The molecule has 0 aliphatic carbocycles. The molecule has 2 unspecified atom stereocenters. The van der Waals surface area contributed by atoms with Crippen LogP contribution < -0.4 is 5.32 Å². The van der Waals surface area contributed by atoms with Gasteiger partial charge in [0.05, 0.1) is 6.10 Å². The van der Waals surface area contributed by atoms with Gasteiger partial charge < -0.3 is 15.3 Å². The Kier molecular flexibility index (Phi) is 5.18. The van der Waals surface area contributed by atoms with E-state index in [9.17, 15) is 5.11 Å². The van der Waals surface area contributed by atoms with Crippen LogP contribution in [0.2, 0.25) is 0 Å². The Morgan fingerprint density at radius 3 is 2.83 bits per heavy atom. The Morgan fingerprint density at radius 2 is 2.22 bits per heavy atom. The fraction of sp³-hybridized carbons (Fsp3) is 0.714. The first-order valence-electron chi connectivity index (χ1n) is 6.81. The van der Waals surface area contributed by atoms with E-state index >= 15 is 0 Å². The summed E-state index contributed by atoms with van der Waals surface area (Å²) in [5.41, 5.74) is 0. The Balaban J connectivity index is 1.73. The zero-order chi connectivity index (χ0) is 13.0. The summed E-state index contributed by atoms with van der Waals surface area (Å²) in [5.74, 6) is 0. The van der Waals surface area contributed by atoms with Crippen molar-refractivity contribution < 1.29 is 5.11 Å². The van der Waals surface area contributed by atoms with Gasteiger partial charge >= 0.3 is 0 Å². The molecule has 3 nitrogen and oxygen atoms in total. The number of aliphatic hydroxyl groups is 1. The molecule has 0 bridgehead atoms. The molecule has 1 fully saturated rings. The first-order valence-corrected chi connectivity index (χ1v) is 7.69. The van der Waals surface area contributed by atoms with Crippen LogP contribution in [0.15, 0.2) is 17.5 Å². The van der Waals surface area contributed by atoms with Gasteiger partial charge in [-0.05, 0) is 57.8 Å². The summed E-state index contributed by atoms with van der Waals surface area (Å²) in [6.07, 6.45) is 2.91. The molecular weight excluding hydrogens is 244 g/mol. The van der Waals surface area contributed by atoms with Gasteiger partial charge in [-0.1, -0.05) is 6.07 Å². The predicted molar refractivity (Wildman–Crippen MR) is 77.0 cm³/mol. The maximum Gasteiger partial charge on any atom is 0.0896 e. The second-order valence-corrected chi connectivity index (χ2v) is 6.39. The molecule has 1 saturated heterocycles. The number of likely N-dealkylation sites (tertiary alicyclic amines) is 1. The number of thiophene rings is 1. The lowest BCUT2D eigenvalue weighted by molar-refractivity contribution is 0.148. The van der Waals surface area contributed by atoms with E-state index in [-0.39, 0.29) is 6.10 Å². The molecule has 2 rings (SSSR count). The minimum absolute atomic E-state index is 0.321. The number of aliphatic hydroxyl groups excluding tert-OH is 1. The SMILES string of the molecule is CC(CC(O)c1cccs1)NC1CCN(C)CC1. The molecule has 0 spiro atoms. The third kappa shape index (κ3) is 4.05. The van der Waals surface area contributed by atoms with Crippen LogP contribution in [0.4, 0.5) is 0 Å². The summed E-state index contributed by atoms with van der Waals surface area (Å²) in [6, 6.07) is 5.00. The lowest BCUT2D eigenvalue weighted by Gasteiger charge is -2.32. The molecule has 102 valence electrons. The van der Waals surface area contributed by atoms with Crippen LogP contribution in [0.25, 0.3) is 0 Å². The van der Waals surface area contributed by atoms with Crippen LogP contribution in [0.3, 0.4) is 0 Å². The highest BCUT2D eigenvalue weighted by molar-refractivity contribution is 7.10. The molecule has 4 heteroatoms. The molecule has 18 heavy (non-hydrogen) atoms. The van der Waals surface area contributed by atoms with Crippen LogP contribution in [-0.2, 0) is 0 Å². The van der Waals surface area contributed by atoms with Crippen LogP contribution in [0.1, 0.15) is 37.2 Å². The zero-order valence-corrected chi connectivity index (χ0v) is 12.1. The molecular formula is C14H24N2OS. The second kappa shape index (κ2) is 6.66. The number of hydrogen-bond donors (Lipinski definition) is 2. The fourth-order valence-corrected chi connectivity index (χ4v) is 3.30. The molecule has 2 heterocycles. The number of rotatable bonds is 5. The summed E-state index contributed by atoms with van der Waals surface area (Å²) in [5, 5.41) is 15.8. The van der Waals surface area contributed by atoms with Gasteiger partial charge in [-0.3, -0.25) is 0 Å². The van der Waals surface area contributed by atoms with E-state index < -0.39 is 0 Å². The van der Waals surface area contributed by atoms with E-state index in [1.54, 1.807) is 11.3 Å². The van der Waals surface area contributed by atoms with Gasteiger partial charge in [-0.15, -0.1) is 11.3 Å². The normalized spacial score (nSPS) is 21.9. The highest BCUT2D eigenvalue weighted by Crippen LogP contribution is 2.23. The molecule has 1 aliphatic rings. The first-order chi connectivity index (χ1) is 8.65. The predicted octanol–water partition coefficient (Wildman–Crippen LogP) is 2.24. The third-order valence-corrected chi connectivity index (χ3v) is 4.66. The Morgan fingerprint density at radius 1 is 1.50 bits per heavy atom. The van der Waals surface area contributed by atoms with Crippen molar-refractivity contribution in [3.05, 3.63) is 22.4 Å². The summed E-state index contributed by atoms with van der Waals surface area (Å²) in [7, 11) is 2.18. The highest BCUT2D eigenvalue weighted by atomic mass is 32.1. The molecule has 2 atom stereocenters. The largest absolute Gasteiger partial charge is 0.388 e. The van der Waals surface area contributed by atoms with E-state index in [0.29, 0.717) is 12.1 Å². The Labute approximate surface area is 114 Å². The monoisotopic (exact) mass is 268 g/mol. The Bertz CT molecular complexity index is 334. The van der Waals surface area contributed by atoms with Crippen molar-refractivity contribution in [2.45, 2.75) is 44.4 Å². The zero-order valence-electron chi connectivity index (χ0n) is 11.3. The lowest BCUT2D eigenvalue weighted by Crippen LogP contribution is -2.44. The Hall–Kier alpha value is -0.420. The van der Waals surface area contributed by atoms with Crippen molar-refractivity contribution in [3.8, 4) is 0 Å². The van der Waals surface area contributed by atoms with Gasteiger partial charge in [0.25, 0.3) is 0 Å². The maximum absolute atomic E-state index is 10.1. The molecule has 0 aromatic carbocycles. The van der Waals surface area contributed by atoms with Gasteiger partial charge in [-0.2, -0.15) is 0 Å². The third-order valence-electron chi connectivity index (χ3n) is 3.69. The average molecular weight is 268 g/mol. The lowest BCUT2D eigenvalue weighted by atomic mass is 10.0. The molecule has 0 radical (unpaired) electrons. The highest BCUT2D eigenvalue weighted by Gasteiger charge is 2.20. The molecule has 1 aromatic heterocycles. The molecule has 2 N–H and O–H groups in total. The minimum atomic E-state index is -0.321. The maximum atomic E-state index is 10.1. The first kappa shape index (κ1) is 14.0. The van der Waals surface area contributed by atoms with E-state index in [4.69, 9.17) is 0 Å². The summed E-state index contributed by atoms with van der Waals surface area (Å²) in [4.78, 5) is 3.45. The van der Waals surface area contributed by atoms with E-state index in [0.717, 1.165) is 11.3 Å². The van der Waals surface area contributed by atoms with Crippen LogP contribution in [-0.4, -0.2) is 42.2 Å². The molecule has 1 aliphatic heterocycles. The summed E-state index contributed by atoms with van der Waals surface area (Å²) >= 11 is 1.63. The molecule has 0 amide bonds. The van der Waals surface area contributed by atoms with E-state index in [1.165, 1.54) is 25.9 Å². The van der Waals surface area contributed by atoms with Gasteiger partial charge in [0.15, 0.2) is 0 Å². The topological polar surface area (TPSA) is 35.5 Å². The summed E-state index contributed by atoms with van der Waals surface area (Å²) in [6.45, 7) is 4.53. The second-order valence-electron chi connectivity index (χ2n) is 5.41. The van der Waals surface area contributed by atoms with Gasteiger partial charge in [0.2, 0.25) is 0 Å². The quantitative estimate of drug-likeness (QED) is 0.860. The number of nitrogens with zero attached hydrogens (tertiary/aromatic N) is 1. The van der Waals surface area contributed by atoms with Gasteiger partial charge in [0.1, 0.15) is 0 Å². The van der Waals surface area contributed by atoms with Gasteiger partial charge in [-0.25, -0.2) is 0 Å². The van der Waals surface area contributed by atoms with Crippen molar-refractivity contribution >= 4 is 11.3 Å². The smallest absolute Gasteiger partial charge is 0.0896 e. The van der Waals surface area contributed by atoms with Crippen molar-refractivity contribution in [1.29, 1.82) is 0 Å². The van der Waals surface area contributed by atoms with E-state index in [2.05, 4.69) is 24.2 Å². The summed E-state index contributed by atoms with van der Waals surface area (Å²) < 4.78 is 0. The number of piperidine rings is 1. The molecule has 0 saturated carbocycles.